The molecule has 2 heterocycles. The number of hydrogen-bond acceptors (Lipinski definition) is 5. The van der Waals surface area contributed by atoms with E-state index < -0.39 is 0 Å². The van der Waals surface area contributed by atoms with Gasteiger partial charge in [0.25, 0.3) is 0 Å². The third-order valence-electron chi connectivity index (χ3n) is 6.84. The number of benzene rings is 1. The summed E-state index contributed by atoms with van der Waals surface area (Å²) in [6.07, 6.45) is 5.38. The number of nitrogens with zero attached hydrogens (tertiary/aromatic N) is 5. The van der Waals surface area contributed by atoms with E-state index in [1.165, 1.54) is 0 Å². The molecule has 35 heavy (non-hydrogen) atoms. The standard InChI is InChI=1S/C27H41N5O2S/c1-5-8-13-22(6-2)26(34)32-18-17-30(20-21(32)4)24(33)16-12-19-35-27-29-28-25(31(27)7-3)23-14-10-9-11-15-23/h9-11,14-15,21-22H,5-8,12-13,16-20H2,1-4H3. The van der Waals surface area contributed by atoms with Crippen molar-refractivity contribution in [3.8, 4) is 11.4 Å². The minimum absolute atomic E-state index is 0.0739. The first-order chi connectivity index (χ1) is 17.0. The fourth-order valence-electron chi connectivity index (χ4n) is 4.73. The summed E-state index contributed by atoms with van der Waals surface area (Å²) < 4.78 is 2.13. The zero-order valence-electron chi connectivity index (χ0n) is 21.8. The summed E-state index contributed by atoms with van der Waals surface area (Å²) in [5, 5.41) is 9.68. The maximum Gasteiger partial charge on any atom is 0.226 e. The van der Waals surface area contributed by atoms with Gasteiger partial charge in [-0.2, -0.15) is 0 Å². The van der Waals surface area contributed by atoms with Crippen molar-refractivity contribution in [2.24, 2.45) is 5.92 Å². The number of hydrogen-bond donors (Lipinski definition) is 0. The Hall–Kier alpha value is -2.35. The van der Waals surface area contributed by atoms with E-state index in [0.717, 1.165) is 60.9 Å². The molecule has 1 aliphatic rings. The normalized spacial score (nSPS) is 17.0. The van der Waals surface area contributed by atoms with Crippen LogP contribution in [0.1, 0.15) is 66.2 Å². The van der Waals surface area contributed by atoms with E-state index in [1.54, 1.807) is 11.8 Å². The van der Waals surface area contributed by atoms with Gasteiger partial charge in [0, 0.05) is 55.9 Å². The summed E-state index contributed by atoms with van der Waals surface area (Å²) in [6, 6.07) is 10.2. The smallest absolute Gasteiger partial charge is 0.226 e. The van der Waals surface area contributed by atoms with Gasteiger partial charge in [-0.15, -0.1) is 10.2 Å². The molecule has 0 spiro atoms. The van der Waals surface area contributed by atoms with Gasteiger partial charge in [0.1, 0.15) is 0 Å². The molecule has 1 fully saturated rings. The van der Waals surface area contributed by atoms with Crippen molar-refractivity contribution < 1.29 is 9.59 Å². The minimum Gasteiger partial charge on any atom is -0.339 e. The maximum absolute atomic E-state index is 13.0. The summed E-state index contributed by atoms with van der Waals surface area (Å²) in [5.74, 6) is 2.27. The molecular formula is C27H41N5O2S. The molecule has 1 aliphatic heterocycles. The Morgan fingerprint density at radius 1 is 1.09 bits per heavy atom. The van der Waals surface area contributed by atoms with Gasteiger partial charge in [0.05, 0.1) is 0 Å². The lowest BCUT2D eigenvalue weighted by atomic mass is 9.96. The van der Waals surface area contributed by atoms with Crippen LogP contribution < -0.4 is 0 Å². The van der Waals surface area contributed by atoms with E-state index in [-0.39, 0.29) is 23.8 Å². The Morgan fingerprint density at radius 3 is 2.51 bits per heavy atom. The second kappa shape index (κ2) is 13.7. The van der Waals surface area contributed by atoms with E-state index in [1.807, 2.05) is 40.1 Å². The molecule has 2 aromatic rings. The van der Waals surface area contributed by atoms with Crippen LogP contribution >= 0.6 is 11.8 Å². The number of carbonyl (C=O) groups is 2. The van der Waals surface area contributed by atoms with Gasteiger partial charge >= 0.3 is 0 Å². The summed E-state index contributed by atoms with van der Waals surface area (Å²) in [4.78, 5) is 29.8. The lowest BCUT2D eigenvalue weighted by Gasteiger charge is -2.41. The molecule has 2 atom stereocenters. The zero-order valence-corrected chi connectivity index (χ0v) is 22.6. The van der Waals surface area contributed by atoms with Crippen LogP contribution in [0.15, 0.2) is 35.5 Å². The Labute approximate surface area is 214 Å². The average molecular weight is 500 g/mol. The number of amides is 2. The van der Waals surface area contributed by atoms with Crippen molar-refractivity contribution in [3.63, 3.8) is 0 Å². The molecule has 1 aromatic carbocycles. The molecule has 0 N–H and O–H groups in total. The van der Waals surface area contributed by atoms with E-state index in [4.69, 9.17) is 0 Å². The monoisotopic (exact) mass is 499 g/mol. The molecule has 0 aliphatic carbocycles. The number of piperazine rings is 1. The molecule has 0 radical (unpaired) electrons. The number of carbonyl (C=O) groups excluding carboxylic acids is 2. The second-order valence-electron chi connectivity index (χ2n) is 9.34. The van der Waals surface area contributed by atoms with Crippen molar-refractivity contribution in [1.82, 2.24) is 24.6 Å². The lowest BCUT2D eigenvalue weighted by molar-refractivity contribution is -0.145. The van der Waals surface area contributed by atoms with Crippen molar-refractivity contribution >= 4 is 23.6 Å². The highest BCUT2D eigenvalue weighted by Gasteiger charge is 2.32. The van der Waals surface area contributed by atoms with Crippen LogP contribution in [0.3, 0.4) is 0 Å². The highest BCUT2D eigenvalue weighted by atomic mass is 32.2. The zero-order chi connectivity index (χ0) is 25.2. The summed E-state index contributed by atoms with van der Waals surface area (Å²) in [5.41, 5.74) is 1.06. The van der Waals surface area contributed by atoms with Gasteiger partial charge in [-0.3, -0.25) is 9.59 Å². The summed E-state index contributed by atoms with van der Waals surface area (Å²) in [7, 11) is 0. The summed E-state index contributed by atoms with van der Waals surface area (Å²) in [6.45, 7) is 11.2. The van der Waals surface area contributed by atoms with Crippen molar-refractivity contribution in [1.29, 1.82) is 0 Å². The van der Waals surface area contributed by atoms with E-state index in [0.29, 0.717) is 26.1 Å². The van der Waals surface area contributed by atoms with E-state index in [9.17, 15) is 9.59 Å². The Bertz CT molecular complexity index is 948. The number of aromatic nitrogens is 3. The first kappa shape index (κ1) is 27.2. The van der Waals surface area contributed by atoms with Gasteiger partial charge in [0.2, 0.25) is 11.8 Å². The molecule has 0 saturated carbocycles. The fourth-order valence-corrected chi connectivity index (χ4v) is 5.67. The molecule has 192 valence electrons. The Kier molecular flexibility index (Phi) is 10.6. The first-order valence-corrected chi connectivity index (χ1v) is 14.2. The first-order valence-electron chi connectivity index (χ1n) is 13.2. The van der Waals surface area contributed by atoms with Crippen LogP contribution in [0.5, 0.6) is 0 Å². The van der Waals surface area contributed by atoms with Gasteiger partial charge in [-0.25, -0.2) is 0 Å². The number of rotatable bonds is 12. The third-order valence-corrected chi connectivity index (χ3v) is 7.90. The predicted molar refractivity (Wildman–Crippen MR) is 142 cm³/mol. The van der Waals surface area contributed by atoms with Crippen LogP contribution in [0.2, 0.25) is 0 Å². The largest absolute Gasteiger partial charge is 0.339 e. The summed E-state index contributed by atoms with van der Waals surface area (Å²) >= 11 is 1.66. The van der Waals surface area contributed by atoms with Crippen LogP contribution in [-0.2, 0) is 16.1 Å². The van der Waals surface area contributed by atoms with Gasteiger partial charge in [-0.1, -0.05) is 68.8 Å². The van der Waals surface area contributed by atoms with Crippen molar-refractivity contribution in [2.75, 3.05) is 25.4 Å². The molecule has 0 bridgehead atoms. The molecule has 8 heteroatoms. The van der Waals surface area contributed by atoms with Gasteiger partial charge in [0.15, 0.2) is 11.0 Å². The quantitative estimate of drug-likeness (QED) is 0.300. The molecule has 7 nitrogen and oxygen atoms in total. The molecule has 1 saturated heterocycles. The van der Waals surface area contributed by atoms with Gasteiger partial charge in [-0.05, 0) is 33.1 Å². The third kappa shape index (κ3) is 7.09. The molecule has 2 amide bonds. The molecular weight excluding hydrogens is 458 g/mol. The van der Waals surface area contributed by atoms with Crippen LogP contribution in [0.25, 0.3) is 11.4 Å². The SMILES string of the molecule is CCCCC(CC)C(=O)N1CCN(C(=O)CCCSc2nnc(-c3ccccc3)n2CC)CC1C. The van der Waals surface area contributed by atoms with Crippen LogP contribution in [-0.4, -0.2) is 67.8 Å². The number of unbranched alkanes of at least 4 members (excludes halogenated alkanes) is 1. The second-order valence-corrected chi connectivity index (χ2v) is 10.4. The van der Waals surface area contributed by atoms with Gasteiger partial charge < -0.3 is 14.4 Å². The molecule has 1 aromatic heterocycles. The Balaban J connectivity index is 1.45. The lowest BCUT2D eigenvalue weighted by Crippen LogP contribution is -2.56. The molecule has 2 unspecified atom stereocenters. The number of thioether (sulfide) groups is 1. The van der Waals surface area contributed by atoms with Crippen LogP contribution in [0, 0.1) is 5.92 Å². The topological polar surface area (TPSA) is 71.3 Å². The minimum atomic E-state index is 0.0739. The van der Waals surface area contributed by atoms with E-state index >= 15 is 0 Å². The Morgan fingerprint density at radius 2 is 1.86 bits per heavy atom. The average Bonchev–Trinajstić information content (AvgIpc) is 3.30. The predicted octanol–water partition coefficient (Wildman–Crippen LogP) is 5.11. The van der Waals surface area contributed by atoms with E-state index in [2.05, 4.69) is 42.5 Å². The highest BCUT2D eigenvalue weighted by molar-refractivity contribution is 7.99. The van der Waals surface area contributed by atoms with Crippen molar-refractivity contribution in [3.05, 3.63) is 30.3 Å². The highest BCUT2D eigenvalue weighted by Crippen LogP contribution is 2.25. The fraction of sp³-hybridized carbons (Fsp3) is 0.630. The van der Waals surface area contributed by atoms with Crippen molar-refractivity contribution in [2.45, 2.75) is 84.0 Å². The maximum atomic E-state index is 13.0. The van der Waals surface area contributed by atoms with Crippen LogP contribution in [0.4, 0.5) is 0 Å². The molecule has 3 rings (SSSR count).